The Morgan fingerprint density at radius 2 is 1.85 bits per heavy atom. The Bertz CT molecular complexity index is 271. The van der Waals surface area contributed by atoms with Crippen molar-refractivity contribution in [2.45, 2.75) is 6.92 Å². The summed E-state index contributed by atoms with van der Waals surface area (Å²) in [6, 6.07) is 6.35. The normalized spacial score (nSPS) is 9.46. The first-order valence-corrected chi connectivity index (χ1v) is 4.08. The second-order valence-electron chi connectivity index (χ2n) is 2.35. The number of rotatable bonds is 4. The van der Waals surface area contributed by atoms with E-state index in [1.807, 2.05) is 6.92 Å². The summed E-state index contributed by atoms with van der Waals surface area (Å²) in [7, 11) is 3.17. The summed E-state index contributed by atoms with van der Waals surface area (Å²) >= 11 is 0. The molecule has 3 nitrogen and oxygen atoms in total. The van der Waals surface area contributed by atoms with Gasteiger partial charge in [-0.3, -0.25) is 0 Å². The first kappa shape index (κ1) is 9.71. The SMILES string of the molecule is CCOc1c[c]cc(OC)c1OC. The Balaban J connectivity index is 3.03. The highest BCUT2D eigenvalue weighted by Gasteiger charge is 2.09. The maximum absolute atomic E-state index is 5.33. The molecule has 0 saturated carbocycles. The molecule has 0 unspecified atom stereocenters. The highest BCUT2D eigenvalue weighted by molar-refractivity contribution is 5.50. The van der Waals surface area contributed by atoms with E-state index in [1.54, 1.807) is 26.4 Å². The summed E-state index contributed by atoms with van der Waals surface area (Å²) in [5, 5.41) is 0. The van der Waals surface area contributed by atoms with Crippen LogP contribution in [0.2, 0.25) is 0 Å². The predicted octanol–water partition coefficient (Wildman–Crippen LogP) is 1.90. The molecule has 0 atom stereocenters. The first-order valence-electron chi connectivity index (χ1n) is 4.08. The van der Waals surface area contributed by atoms with Crippen LogP contribution in [0.3, 0.4) is 0 Å². The predicted molar refractivity (Wildman–Crippen MR) is 49.6 cm³/mol. The zero-order valence-corrected chi connectivity index (χ0v) is 8.09. The number of hydrogen-bond acceptors (Lipinski definition) is 3. The molecule has 0 spiro atoms. The van der Waals surface area contributed by atoms with Crippen molar-refractivity contribution in [3.8, 4) is 17.2 Å². The molecule has 0 fully saturated rings. The lowest BCUT2D eigenvalue weighted by atomic mass is 10.3. The van der Waals surface area contributed by atoms with Gasteiger partial charge in [-0.05, 0) is 25.1 Å². The van der Waals surface area contributed by atoms with Crippen molar-refractivity contribution in [3.63, 3.8) is 0 Å². The Kier molecular flexibility index (Phi) is 3.43. The molecule has 0 N–H and O–H groups in total. The molecule has 0 aliphatic heterocycles. The molecular formula is C10H13O3. The van der Waals surface area contributed by atoms with E-state index in [9.17, 15) is 0 Å². The lowest BCUT2D eigenvalue weighted by Crippen LogP contribution is -1.97. The topological polar surface area (TPSA) is 27.7 Å². The first-order chi connectivity index (χ1) is 6.33. The quantitative estimate of drug-likeness (QED) is 0.710. The van der Waals surface area contributed by atoms with Crippen LogP contribution < -0.4 is 14.2 Å². The van der Waals surface area contributed by atoms with Crippen LogP contribution in [0.1, 0.15) is 6.92 Å². The third-order valence-corrected chi connectivity index (χ3v) is 1.60. The molecule has 1 radical (unpaired) electrons. The second-order valence-corrected chi connectivity index (χ2v) is 2.35. The number of hydrogen-bond donors (Lipinski definition) is 0. The Morgan fingerprint density at radius 1 is 1.15 bits per heavy atom. The van der Waals surface area contributed by atoms with Crippen molar-refractivity contribution in [2.75, 3.05) is 20.8 Å². The molecule has 3 heteroatoms. The monoisotopic (exact) mass is 181 g/mol. The minimum Gasteiger partial charge on any atom is -0.493 e. The van der Waals surface area contributed by atoms with Gasteiger partial charge < -0.3 is 14.2 Å². The molecule has 0 aliphatic rings. The molecule has 0 amide bonds. The molecular weight excluding hydrogens is 168 g/mol. The van der Waals surface area contributed by atoms with Gasteiger partial charge in [0.25, 0.3) is 0 Å². The Labute approximate surface area is 78.2 Å². The number of benzene rings is 1. The fraction of sp³-hybridized carbons (Fsp3) is 0.400. The van der Waals surface area contributed by atoms with Crippen LogP contribution in [0.4, 0.5) is 0 Å². The Morgan fingerprint density at radius 3 is 2.38 bits per heavy atom. The fourth-order valence-corrected chi connectivity index (χ4v) is 1.06. The van der Waals surface area contributed by atoms with Gasteiger partial charge in [-0.25, -0.2) is 0 Å². The van der Waals surface area contributed by atoms with E-state index < -0.39 is 0 Å². The van der Waals surface area contributed by atoms with Crippen LogP contribution in [-0.2, 0) is 0 Å². The van der Waals surface area contributed by atoms with E-state index in [2.05, 4.69) is 6.07 Å². The average molecular weight is 181 g/mol. The summed E-state index contributed by atoms with van der Waals surface area (Å²) in [5.41, 5.74) is 0. The van der Waals surface area contributed by atoms with Gasteiger partial charge in [0.15, 0.2) is 11.5 Å². The summed E-state index contributed by atoms with van der Waals surface area (Å²) in [5.74, 6) is 1.90. The molecule has 0 aromatic heterocycles. The lowest BCUT2D eigenvalue weighted by molar-refractivity contribution is 0.296. The van der Waals surface area contributed by atoms with Gasteiger partial charge in [0.1, 0.15) is 0 Å². The third kappa shape index (κ3) is 2.05. The standard InChI is InChI=1S/C10H13O3/c1-4-13-9-7-5-6-8(11-2)10(9)12-3/h6-7H,4H2,1-3H3. The van der Waals surface area contributed by atoms with Crippen LogP contribution in [0, 0.1) is 6.07 Å². The summed E-state index contributed by atoms with van der Waals surface area (Å²) < 4.78 is 15.6. The van der Waals surface area contributed by atoms with Crippen LogP contribution in [0.15, 0.2) is 12.1 Å². The molecule has 0 bridgehead atoms. The van der Waals surface area contributed by atoms with E-state index in [-0.39, 0.29) is 0 Å². The van der Waals surface area contributed by atoms with Gasteiger partial charge in [-0.2, -0.15) is 0 Å². The highest BCUT2D eigenvalue weighted by Crippen LogP contribution is 2.36. The fourth-order valence-electron chi connectivity index (χ4n) is 1.06. The van der Waals surface area contributed by atoms with E-state index in [1.165, 1.54) is 0 Å². The maximum atomic E-state index is 5.33. The third-order valence-electron chi connectivity index (χ3n) is 1.60. The second kappa shape index (κ2) is 4.60. The van der Waals surface area contributed by atoms with Crippen LogP contribution in [-0.4, -0.2) is 20.8 Å². The van der Waals surface area contributed by atoms with Crippen LogP contribution in [0.25, 0.3) is 0 Å². The largest absolute Gasteiger partial charge is 0.493 e. The van der Waals surface area contributed by atoms with Gasteiger partial charge in [-0.1, -0.05) is 0 Å². The van der Waals surface area contributed by atoms with E-state index in [0.29, 0.717) is 23.9 Å². The van der Waals surface area contributed by atoms with Gasteiger partial charge in [0.2, 0.25) is 5.75 Å². The zero-order valence-electron chi connectivity index (χ0n) is 8.09. The molecule has 13 heavy (non-hydrogen) atoms. The molecule has 1 aromatic rings. The van der Waals surface area contributed by atoms with E-state index in [4.69, 9.17) is 14.2 Å². The van der Waals surface area contributed by atoms with Gasteiger partial charge in [-0.15, -0.1) is 0 Å². The van der Waals surface area contributed by atoms with E-state index in [0.717, 1.165) is 0 Å². The zero-order chi connectivity index (χ0) is 9.68. The molecule has 0 heterocycles. The number of ether oxygens (including phenoxy) is 3. The molecule has 71 valence electrons. The van der Waals surface area contributed by atoms with Crippen molar-refractivity contribution in [2.24, 2.45) is 0 Å². The Hall–Kier alpha value is -1.38. The average Bonchev–Trinajstić information content (AvgIpc) is 2.18. The van der Waals surface area contributed by atoms with Crippen molar-refractivity contribution < 1.29 is 14.2 Å². The van der Waals surface area contributed by atoms with Gasteiger partial charge in [0, 0.05) is 0 Å². The van der Waals surface area contributed by atoms with Crippen LogP contribution >= 0.6 is 0 Å². The molecule has 0 aliphatic carbocycles. The summed E-state index contributed by atoms with van der Waals surface area (Å²) in [4.78, 5) is 0. The maximum Gasteiger partial charge on any atom is 0.203 e. The highest BCUT2D eigenvalue weighted by atomic mass is 16.5. The minimum atomic E-state index is 0.595. The van der Waals surface area contributed by atoms with Crippen molar-refractivity contribution in [1.29, 1.82) is 0 Å². The van der Waals surface area contributed by atoms with Crippen molar-refractivity contribution >= 4 is 0 Å². The lowest BCUT2D eigenvalue weighted by Gasteiger charge is -2.11. The van der Waals surface area contributed by atoms with Crippen LogP contribution in [0.5, 0.6) is 17.2 Å². The number of methoxy groups -OCH3 is 2. The van der Waals surface area contributed by atoms with Crippen molar-refractivity contribution in [3.05, 3.63) is 18.2 Å². The molecule has 0 saturated heterocycles. The summed E-state index contributed by atoms with van der Waals surface area (Å²) in [6.07, 6.45) is 0. The smallest absolute Gasteiger partial charge is 0.203 e. The van der Waals surface area contributed by atoms with E-state index >= 15 is 0 Å². The minimum absolute atomic E-state index is 0.595. The molecule has 1 rings (SSSR count). The molecule has 1 aromatic carbocycles. The van der Waals surface area contributed by atoms with Gasteiger partial charge >= 0.3 is 0 Å². The summed E-state index contributed by atoms with van der Waals surface area (Å²) in [6.45, 7) is 2.51. The van der Waals surface area contributed by atoms with Gasteiger partial charge in [0.05, 0.1) is 20.8 Å². The van der Waals surface area contributed by atoms with Crippen molar-refractivity contribution in [1.82, 2.24) is 0 Å².